The Labute approximate surface area is 116 Å². The summed E-state index contributed by atoms with van der Waals surface area (Å²) < 4.78 is 5.35. The van der Waals surface area contributed by atoms with E-state index in [0.29, 0.717) is 17.8 Å². The van der Waals surface area contributed by atoms with Crippen LogP contribution in [0.1, 0.15) is 51.3 Å². The molecule has 2 heteroatoms. The minimum Gasteiger partial charge on any atom is -0.377 e. The van der Waals surface area contributed by atoms with Gasteiger partial charge in [-0.1, -0.05) is 39.8 Å². The van der Waals surface area contributed by atoms with Gasteiger partial charge in [-0.15, -0.1) is 0 Å². The molecule has 2 nitrogen and oxygen atoms in total. The first-order chi connectivity index (χ1) is 9.09. The van der Waals surface area contributed by atoms with Gasteiger partial charge in [-0.25, -0.2) is 0 Å². The molecule has 0 fully saturated rings. The second kappa shape index (κ2) is 6.33. The summed E-state index contributed by atoms with van der Waals surface area (Å²) in [6, 6.07) is 4.42. The van der Waals surface area contributed by atoms with Gasteiger partial charge in [-0.3, -0.25) is 4.98 Å². The van der Waals surface area contributed by atoms with Crippen molar-refractivity contribution in [3.63, 3.8) is 0 Å². The predicted molar refractivity (Wildman–Crippen MR) is 80.1 cm³/mol. The number of rotatable bonds is 4. The van der Waals surface area contributed by atoms with E-state index in [-0.39, 0.29) is 0 Å². The molecule has 1 aromatic rings. The van der Waals surface area contributed by atoms with Crippen LogP contribution in [0.15, 0.2) is 24.4 Å². The average molecular weight is 259 g/mol. The van der Waals surface area contributed by atoms with Crippen LogP contribution in [0.2, 0.25) is 0 Å². The highest BCUT2D eigenvalue weighted by atomic mass is 16.5. The third-order valence-electron chi connectivity index (χ3n) is 3.90. The summed E-state index contributed by atoms with van der Waals surface area (Å²) in [6.45, 7) is 10.7. The molecule has 0 N–H and O–H groups in total. The fraction of sp³-hybridized carbons (Fsp3) is 0.588. The van der Waals surface area contributed by atoms with Gasteiger partial charge in [0.05, 0.1) is 13.2 Å². The number of hydrogen-bond acceptors (Lipinski definition) is 2. The molecule has 0 unspecified atom stereocenters. The maximum absolute atomic E-state index is 5.35. The topological polar surface area (TPSA) is 22.1 Å². The van der Waals surface area contributed by atoms with E-state index in [1.807, 2.05) is 6.20 Å². The van der Waals surface area contributed by atoms with Gasteiger partial charge in [0.25, 0.3) is 0 Å². The Morgan fingerprint density at radius 2 is 1.84 bits per heavy atom. The molecule has 2 heterocycles. The van der Waals surface area contributed by atoms with Crippen molar-refractivity contribution in [3.05, 3.63) is 35.7 Å². The maximum Gasteiger partial charge on any atom is 0.0653 e. The Bertz CT molecular complexity index is 423. The molecule has 0 saturated carbocycles. The van der Waals surface area contributed by atoms with Crippen LogP contribution in [0.5, 0.6) is 0 Å². The molecule has 0 bridgehead atoms. The Kier molecular flexibility index (Phi) is 4.76. The lowest BCUT2D eigenvalue weighted by Gasteiger charge is -2.24. The fourth-order valence-electron chi connectivity index (χ4n) is 3.03. The lowest BCUT2D eigenvalue weighted by atomic mass is 9.82. The largest absolute Gasteiger partial charge is 0.377 e. The summed E-state index contributed by atoms with van der Waals surface area (Å²) in [5.74, 6) is 1.79. The molecule has 19 heavy (non-hydrogen) atoms. The van der Waals surface area contributed by atoms with E-state index in [0.717, 1.165) is 19.6 Å². The molecule has 0 saturated heterocycles. The predicted octanol–water partition coefficient (Wildman–Crippen LogP) is 4.28. The Morgan fingerprint density at radius 3 is 2.32 bits per heavy atom. The van der Waals surface area contributed by atoms with Crippen LogP contribution in [0, 0.1) is 11.8 Å². The zero-order valence-electron chi connectivity index (χ0n) is 12.5. The summed E-state index contributed by atoms with van der Waals surface area (Å²) in [5, 5.41) is 0. The summed E-state index contributed by atoms with van der Waals surface area (Å²) >= 11 is 0. The normalized spacial score (nSPS) is 16.3. The van der Waals surface area contributed by atoms with Crippen molar-refractivity contribution in [1.82, 2.24) is 4.98 Å². The minimum absolute atomic E-state index is 0.540. The molecule has 0 atom stereocenters. The van der Waals surface area contributed by atoms with Crippen LogP contribution in [0.25, 0.3) is 5.57 Å². The first-order valence-corrected chi connectivity index (χ1v) is 7.32. The van der Waals surface area contributed by atoms with Crippen molar-refractivity contribution >= 4 is 5.57 Å². The molecule has 0 radical (unpaired) electrons. The van der Waals surface area contributed by atoms with Crippen LogP contribution in [0.3, 0.4) is 0 Å². The number of ether oxygens (including phenoxy) is 1. The highest BCUT2D eigenvalue weighted by Gasteiger charge is 2.21. The molecule has 1 aliphatic rings. The molecule has 0 amide bonds. The molecule has 0 aromatic carbocycles. The van der Waals surface area contributed by atoms with E-state index in [9.17, 15) is 0 Å². The van der Waals surface area contributed by atoms with E-state index in [4.69, 9.17) is 9.72 Å². The summed E-state index contributed by atoms with van der Waals surface area (Å²) in [4.78, 5) is 4.72. The molecular formula is C17H25NO. The van der Waals surface area contributed by atoms with Gasteiger partial charge >= 0.3 is 0 Å². The van der Waals surface area contributed by atoms with Crippen molar-refractivity contribution in [2.75, 3.05) is 13.2 Å². The monoisotopic (exact) mass is 259 g/mol. The van der Waals surface area contributed by atoms with Crippen LogP contribution >= 0.6 is 0 Å². The average Bonchev–Trinajstić information content (AvgIpc) is 2.40. The van der Waals surface area contributed by atoms with Gasteiger partial charge in [0.2, 0.25) is 0 Å². The molecule has 1 aliphatic heterocycles. The molecule has 0 spiro atoms. The van der Waals surface area contributed by atoms with Gasteiger partial charge < -0.3 is 4.74 Å². The summed E-state index contributed by atoms with van der Waals surface area (Å²) in [6.07, 6.45) is 5.20. The van der Waals surface area contributed by atoms with Gasteiger partial charge in [0.1, 0.15) is 0 Å². The van der Waals surface area contributed by atoms with Crippen LogP contribution < -0.4 is 0 Å². The van der Waals surface area contributed by atoms with Crippen molar-refractivity contribution in [3.8, 4) is 0 Å². The molecule has 1 aromatic heterocycles. The maximum atomic E-state index is 5.35. The Balaban J connectivity index is 2.19. The van der Waals surface area contributed by atoms with E-state index in [1.54, 1.807) is 0 Å². The Morgan fingerprint density at radius 1 is 1.11 bits per heavy atom. The lowest BCUT2D eigenvalue weighted by Crippen LogP contribution is -2.15. The van der Waals surface area contributed by atoms with E-state index in [2.05, 4.69) is 45.9 Å². The van der Waals surface area contributed by atoms with Crippen LogP contribution in [-0.4, -0.2) is 18.2 Å². The molecule has 104 valence electrons. The smallest absolute Gasteiger partial charge is 0.0653 e. The minimum atomic E-state index is 0.540. The number of nitrogens with zero attached hydrogens (tertiary/aromatic N) is 1. The highest BCUT2D eigenvalue weighted by molar-refractivity contribution is 5.65. The van der Waals surface area contributed by atoms with Crippen LogP contribution in [0.4, 0.5) is 0 Å². The van der Waals surface area contributed by atoms with Gasteiger partial charge in [-0.2, -0.15) is 0 Å². The van der Waals surface area contributed by atoms with Crippen molar-refractivity contribution in [1.29, 1.82) is 0 Å². The zero-order valence-corrected chi connectivity index (χ0v) is 12.5. The quantitative estimate of drug-likeness (QED) is 0.805. The SMILES string of the molecule is CC(C)C(c1ccc(C2=CCOCC2)cn1)C(C)C. The third kappa shape index (κ3) is 3.44. The standard InChI is InChI=1S/C17H25NO/c1-12(2)17(13(3)4)16-6-5-15(11-18-16)14-7-9-19-10-8-14/h5-7,11-13,17H,8-10H2,1-4H3. The second-order valence-corrected chi connectivity index (χ2v) is 6.04. The summed E-state index contributed by atoms with van der Waals surface area (Å²) in [5.41, 5.74) is 3.84. The first-order valence-electron chi connectivity index (χ1n) is 7.32. The summed E-state index contributed by atoms with van der Waals surface area (Å²) in [7, 11) is 0. The second-order valence-electron chi connectivity index (χ2n) is 6.04. The molecule has 2 rings (SSSR count). The number of aromatic nitrogens is 1. The van der Waals surface area contributed by atoms with Gasteiger partial charge in [-0.05, 0) is 35.5 Å². The first kappa shape index (κ1) is 14.3. The van der Waals surface area contributed by atoms with Gasteiger partial charge in [0.15, 0.2) is 0 Å². The highest BCUT2D eigenvalue weighted by Crippen LogP contribution is 2.31. The fourth-order valence-corrected chi connectivity index (χ4v) is 3.03. The van der Waals surface area contributed by atoms with Crippen molar-refractivity contribution in [2.45, 2.75) is 40.0 Å². The third-order valence-corrected chi connectivity index (χ3v) is 3.90. The van der Waals surface area contributed by atoms with E-state index >= 15 is 0 Å². The van der Waals surface area contributed by atoms with Gasteiger partial charge in [0, 0.05) is 17.8 Å². The Hall–Kier alpha value is -1.15. The molecular weight excluding hydrogens is 234 g/mol. The van der Waals surface area contributed by atoms with E-state index in [1.165, 1.54) is 16.8 Å². The number of hydrogen-bond donors (Lipinski definition) is 0. The number of pyridine rings is 1. The van der Waals surface area contributed by atoms with Crippen molar-refractivity contribution < 1.29 is 4.74 Å². The zero-order chi connectivity index (χ0) is 13.8. The molecule has 0 aliphatic carbocycles. The van der Waals surface area contributed by atoms with Crippen LogP contribution in [-0.2, 0) is 4.74 Å². The van der Waals surface area contributed by atoms with Crippen molar-refractivity contribution in [2.24, 2.45) is 11.8 Å². The lowest BCUT2D eigenvalue weighted by molar-refractivity contribution is 0.161. The van der Waals surface area contributed by atoms with E-state index < -0.39 is 0 Å².